The predicted molar refractivity (Wildman–Crippen MR) is 103 cm³/mol. The van der Waals surface area contributed by atoms with E-state index in [0.717, 1.165) is 23.5 Å². The Balaban J connectivity index is 1.54. The molecular formula is C22H18N4. The van der Waals surface area contributed by atoms with Crippen LogP contribution in [0.4, 0.5) is 0 Å². The minimum absolute atomic E-state index is 0.226. The largest absolute Gasteiger partial charge is 0.261 e. The van der Waals surface area contributed by atoms with Gasteiger partial charge >= 0.3 is 0 Å². The summed E-state index contributed by atoms with van der Waals surface area (Å²) in [6.45, 7) is 0. The van der Waals surface area contributed by atoms with Crippen molar-refractivity contribution in [2.24, 2.45) is 4.99 Å². The second-order valence-electron chi connectivity index (χ2n) is 6.65. The number of benzene rings is 1. The van der Waals surface area contributed by atoms with Gasteiger partial charge in [0.05, 0.1) is 11.4 Å². The van der Waals surface area contributed by atoms with Crippen LogP contribution in [-0.2, 0) is 0 Å². The summed E-state index contributed by atoms with van der Waals surface area (Å²) in [4.78, 5) is 9.21. The third kappa shape index (κ3) is 2.60. The maximum absolute atomic E-state index is 4.62. The van der Waals surface area contributed by atoms with Crippen LogP contribution in [0.2, 0.25) is 0 Å². The van der Waals surface area contributed by atoms with Crippen LogP contribution < -0.4 is 0 Å². The van der Waals surface area contributed by atoms with Crippen molar-refractivity contribution in [2.45, 2.75) is 18.3 Å². The quantitative estimate of drug-likeness (QED) is 0.709. The SMILES string of the molecule is C1=CC2=CC(c3cccc(-n4cccn4)c3)CC(c3ccccn3)C2=N1. The molecule has 2 aromatic heterocycles. The highest BCUT2D eigenvalue weighted by Gasteiger charge is 2.31. The van der Waals surface area contributed by atoms with Crippen molar-refractivity contribution in [3.8, 4) is 5.69 Å². The zero-order valence-corrected chi connectivity index (χ0v) is 14.2. The molecular weight excluding hydrogens is 320 g/mol. The van der Waals surface area contributed by atoms with Gasteiger partial charge in [-0.25, -0.2) is 4.68 Å². The molecule has 1 aliphatic heterocycles. The molecule has 1 aromatic carbocycles. The molecule has 0 radical (unpaired) electrons. The first-order valence-corrected chi connectivity index (χ1v) is 8.86. The molecule has 2 unspecified atom stereocenters. The van der Waals surface area contributed by atoms with Gasteiger partial charge in [-0.2, -0.15) is 5.10 Å². The number of hydrogen-bond acceptors (Lipinski definition) is 3. The Hall–Kier alpha value is -3.27. The van der Waals surface area contributed by atoms with Crippen LogP contribution >= 0.6 is 0 Å². The lowest BCUT2D eigenvalue weighted by atomic mass is 9.76. The molecule has 3 aromatic rings. The highest BCUT2D eigenvalue weighted by Crippen LogP contribution is 2.40. The molecule has 5 rings (SSSR count). The average Bonchev–Trinajstić information content (AvgIpc) is 3.40. The molecule has 2 aliphatic rings. The van der Waals surface area contributed by atoms with Crippen LogP contribution in [0.5, 0.6) is 0 Å². The van der Waals surface area contributed by atoms with E-state index < -0.39 is 0 Å². The third-order valence-corrected chi connectivity index (χ3v) is 5.08. The Morgan fingerprint density at radius 3 is 2.85 bits per heavy atom. The van der Waals surface area contributed by atoms with Crippen LogP contribution in [0.3, 0.4) is 0 Å². The number of fused-ring (bicyclic) bond motifs is 1. The second-order valence-corrected chi connectivity index (χ2v) is 6.65. The molecule has 2 atom stereocenters. The smallest absolute Gasteiger partial charge is 0.0648 e. The third-order valence-electron chi connectivity index (χ3n) is 5.08. The maximum Gasteiger partial charge on any atom is 0.0648 e. The summed E-state index contributed by atoms with van der Waals surface area (Å²) in [7, 11) is 0. The summed E-state index contributed by atoms with van der Waals surface area (Å²) >= 11 is 0. The zero-order valence-electron chi connectivity index (χ0n) is 14.2. The van der Waals surface area contributed by atoms with Crippen LogP contribution in [0.25, 0.3) is 5.69 Å². The van der Waals surface area contributed by atoms with E-state index in [1.54, 1.807) is 6.20 Å². The topological polar surface area (TPSA) is 43.1 Å². The van der Waals surface area contributed by atoms with E-state index in [-0.39, 0.29) is 5.92 Å². The fraction of sp³-hybridized carbons (Fsp3) is 0.136. The van der Waals surface area contributed by atoms with Gasteiger partial charge in [-0.3, -0.25) is 9.98 Å². The van der Waals surface area contributed by atoms with Gasteiger partial charge in [0.1, 0.15) is 0 Å². The standard InChI is InChI=1S/C22H18N4/c1-2-9-23-21(7-1)20-15-18(13-17-8-11-24-22(17)20)16-5-3-6-19(14-16)26-12-4-10-25-26/h1-14,18,20H,15H2. The molecule has 0 N–H and O–H groups in total. The lowest BCUT2D eigenvalue weighted by Crippen LogP contribution is -2.21. The summed E-state index contributed by atoms with van der Waals surface area (Å²) in [6, 6.07) is 16.7. The van der Waals surface area contributed by atoms with Crippen LogP contribution in [0, 0.1) is 0 Å². The Bertz CT molecular complexity index is 1010. The van der Waals surface area contributed by atoms with Gasteiger partial charge in [0.25, 0.3) is 0 Å². The van der Waals surface area contributed by atoms with E-state index in [4.69, 9.17) is 0 Å². The van der Waals surface area contributed by atoms with E-state index in [2.05, 4.69) is 63.6 Å². The highest BCUT2D eigenvalue weighted by molar-refractivity contribution is 6.09. The molecule has 3 heterocycles. The van der Waals surface area contributed by atoms with Gasteiger partial charge in [0.2, 0.25) is 0 Å². The molecule has 0 spiro atoms. The number of hydrogen-bond donors (Lipinski definition) is 0. The average molecular weight is 338 g/mol. The van der Waals surface area contributed by atoms with Gasteiger partial charge in [0, 0.05) is 42.3 Å². The van der Waals surface area contributed by atoms with Crippen molar-refractivity contribution in [1.29, 1.82) is 0 Å². The molecule has 1 aliphatic carbocycles. The Morgan fingerprint density at radius 1 is 1.00 bits per heavy atom. The van der Waals surface area contributed by atoms with Gasteiger partial charge in [-0.05, 0) is 54.0 Å². The number of aromatic nitrogens is 3. The zero-order chi connectivity index (χ0) is 17.3. The van der Waals surface area contributed by atoms with Crippen molar-refractivity contribution in [2.75, 3.05) is 0 Å². The van der Waals surface area contributed by atoms with Crippen molar-refractivity contribution in [3.05, 3.63) is 102 Å². The summed E-state index contributed by atoms with van der Waals surface area (Å²) < 4.78 is 1.90. The molecule has 0 saturated heterocycles. The molecule has 26 heavy (non-hydrogen) atoms. The number of aliphatic imine (C=N–C) groups is 1. The second kappa shape index (κ2) is 6.23. The molecule has 0 fully saturated rings. The number of pyridine rings is 1. The summed E-state index contributed by atoms with van der Waals surface area (Å²) in [5.74, 6) is 0.554. The van der Waals surface area contributed by atoms with Gasteiger partial charge in [0.15, 0.2) is 0 Å². The monoisotopic (exact) mass is 338 g/mol. The van der Waals surface area contributed by atoms with Gasteiger partial charge in [-0.1, -0.05) is 24.3 Å². The Kier molecular flexibility index (Phi) is 3.60. The van der Waals surface area contributed by atoms with Crippen molar-refractivity contribution in [1.82, 2.24) is 14.8 Å². The van der Waals surface area contributed by atoms with Crippen molar-refractivity contribution >= 4 is 5.71 Å². The highest BCUT2D eigenvalue weighted by atomic mass is 15.3. The predicted octanol–water partition coefficient (Wildman–Crippen LogP) is 4.43. The number of allylic oxidation sites excluding steroid dienone is 3. The molecule has 0 saturated carbocycles. The van der Waals surface area contributed by atoms with E-state index >= 15 is 0 Å². The Morgan fingerprint density at radius 2 is 2.00 bits per heavy atom. The lowest BCUT2D eigenvalue weighted by Gasteiger charge is -2.28. The summed E-state index contributed by atoms with van der Waals surface area (Å²) in [5, 5.41) is 4.35. The van der Waals surface area contributed by atoms with Crippen LogP contribution in [0.15, 0.2) is 96.0 Å². The molecule has 0 amide bonds. The van der Waals surface area contributed by atoms with E-state index in [1.165, 1.54) is 11.1 Å². The summed E-state index contributed by atoms with van der Waals surface area (Å²) in [6.07, 6.45) is 13.0. The maximum atomic E-state index is 4.62. The van der Waals surface area contributed by atoms with Crippen LogP contribution in [0.1, 0.15) is 29.5 Å². The van der Waals surface area contributed by atoms with Gasteiger partial charge < -0.3 is 0 Å². The Labute approximate surface area is 152 Å². The van der Waals surface area contributed by atoms with E-state index in [0.29, 0.717) is 5.92 Å². The minimum atomic E-state index is 0.226. The molecule has 126 valence electrons. The fourth-order valence-corrected chi connectivity index (χ4v) is 3.83. The first kappa shape index (κ1) is 15.0. The fourth-order valence-electron chi connectivity index (χ4n) is 3.83. The molecule has 4 heteroatoms. The first-order chi connectivity index (χ1) is 12.9. The molecule has 0 bridgehead atoms. The lowest BCUT2D eigenvalue weighted by molar-refractivity contribution is 0.667. The van der Waals surface area contributed by atoms with Crippen molar-refractivity contribution in [3.63, 3.8) is 0 Å². The number of rotatable bonds is 3. The molecule has 4 nitrogen and oxygen atoms in total. The van der Waals surface area contributed by atoms with Gasteiger partial charge in [-0.15, -0.1) is 0 Å². The normalized spacial score (nSPS) is 21.2. The van der Waals surface area contributed by atoms with E-state index in [9.17, 15) is 0 Å². The minimum Gasteiger partial charge on any atom is -0.261 e. The first-order valence-electron chi connectivity index (χ1n) is 8.86. The number of nitrogens with zero attached hydrogens (tertiary/aromatic N) is 4. The van der Waals surface area contributed by atoms with Crippen molar-refractivity contribution < 1.29 is 0 Å². The summed E-state index contributed by atoms with van der Waals surface area (Å²) in [5.41, 5.74) is 5.84. The van der Waals surface area contributed by atoms with Crippen LogP contribution in [-0.4, -0.2) is 20.5 Å². The van der Waals surface area contributed by atoms with E-state index in [1.807, 2.05) is 35.4 Å².